The molecule has 25 heavy (non-hydrogen) atoms. The van der Waals surface area contributed by atoms with Gasteiger partial charge in [-0.3, -0.25) is 4.68 Å². The van der Waals surface area contributed by atoms with Gasteiger partial charge in [-0.15, -0.1) is 0 Å². The molecule has 3 rings (SSSR count). The second-order valence-corrected chi connectivity index (χ2v) is 5.93. The van der Waals surface area contributed by atoms with Crippen molar-refractivity contribution in [1.29, 1.82) is 0 Å². The van der Waals surface area contributed by atoms with Gasteiger partial charge in [0.15, 0.2) is 0 Å². The molecule has 134 valence electrons. The van der Waals surface area contributed by atoms with Crippen LogP contribution in [-0.4, -0.2) is 41.5 Å². The van der Waals surface area contributed by atoms with Crippen molar-refractivity contribution in [1.82, 2.24) is 9.78 Å². The molecule has 0 atom stereocenters. The number of hydrogen-bond acceptors (Lipinski definition) is 5. The molecule has 0 bridgehead atoms. The Labute approximate surface area is 147 Å². The first kappa shape index (κ1) is 18.7. The largest absolute Gasteiger partial charge is 0.508 e. The summed E-state index contributed by atoms with van der Waals surface area (Å²) >= 11 is 0. The number of aromatic nitrogens is 2. The molecule has 1 aliphatic rings. The fourth-order valence-electron chi connectivity index (χ4n) is 2.75. The Morgan fingerprint density at radius 3 is 2.88 bits per heavy atom. The van der Waals surface area contributed by atoms with Crippen molar-refractivity contribution < 1.29 is 19.4 Å². The smallest absolute Gasteiger partial charge is 0.123 e. The molecule has 0 saturated heterocycles. The topological polar surface area (TPSA) is 73.6 Å². The number of carbonyl (C=O) groups excluding carboxylic acids is 1. The van der Waals surface area contributed by atoms with Crippen LogP contribution in [0.15, 0.2) is 42.1 Å². The number of phenols is 1. The summed E-state index contributed by atoms with van der Waals surface area (Å²) < 4.78 is 13.5. The highest BCUT2D eigenvalue weighted by atomic mass is 16.5. The predicted octanol–water partition coefficient (Wildman–Crippen LogP) is 3.24. The van der Waals surface area contributed by atoms with Gasteiger partial charge in [0.1, 0.15) is 24.9 Å². The lowest BCUT2D eigenvalue weighted by atomic mass is 10.0. The molecule has 0 saturated carbocycles. The van der Waals surface area contributed by atoms with E-state index in [1.54, 1.807) is 18.2 Å². The van der Waals surface area contributed by atoms with Gasteiger partial charge in [-0.25, -0.2) is 0 Å². The number of nitrogens with zero attached hydrogens (tertiary/aromatic N) is 2. The van der Waals surface area contributed by atoms with Crippen LogP contribution >= 0.6 is 0 Å². The van der Waals surface area contributed by atoms with E-state index in [9.17, 15) is 5.11 Å². The molecule has 0 radical (unpaired) electrons. The number of carbonyl (C=O) groups is 1. The van der Waals surface area contributed by atoms with Gasteiger partial charge in [-0.2, -0.15) is 5.10 Å². The van der Waals surface area contributed by atoms with Crippen molar-refractivity contribution in [2.45, 2.75) is 26.3 Å². The van der Waals surface area contributed by atoms with Crippen LogP contribution in [0.5, 0.6) is 11.5 Å². The summed E-state index contributed by atoms with van der Waals surface area (Å²) in [6.45, 7) is 8.01. The predicted molar refractivity (Wildman–Crippen MR) is 95.7 cm³/mol. The van der Waals surface area contributed by atoms with Crippen molar-refractivity contribution in [2.75, 3.05) is 19.8 Å². The van der Waals surface area contributed by atoms with E-state index >= 15 is 0 Å². The Morgan fingerprint density at radius 1 is 1.36 bits per heavy atom. The number of phenolic OH excluding ortho intramolecular Hbond substituents is 1. The molecular formula is C19H24N2O4. The zero-order valence-corrected chi connectivity index (χ0v) is 14.6. The molecule has 0 fully saturated rings. The summed E-state index contributed by atoms with van der Waals surface area (Å²) in [6.07, 6.45) is 2.67. The third-order valence-corrected chi connectivity index (χ3v) is 3.92. The summed E-state index contributed by atoms with van der Waals surface area (Å²) in [5, 5.41) is 13.9. The van der Waals surface area contributed by atoms with Gasteiger partial charge < -0.3 is 19.4 Å². The second-order valence-electron chi connectivity index (χ2n) is 5.93. The van der Waals surface area contributed by atoms with Crippen molar-refractivity contribution in [3.05, 3.63) is 47.8 Å². The maximum atomic E-state index is 9.53. The van der Waals surface area contributed by atoms with Gasteiger partial charge in [-0.05, 0) is 44.0 Å². The highest BCUT2D eigenvalue weighted by molar-refractivity contribution is 5.68. The fourth-order valence-corrected chi connectivity index (χ4v) is 2.75. The molecule has 2 aromatic rings. The van der Waals surface area contributed by atoms with Crippen LogP contribution in [-0.2, 0) is 9.53 Å². The lowest BCUT2D eigenvalue weighted by Gasteiger charge is -2.23. The first-order chi connectivity index (χ1) is 12.1. The van der Waals surface area contributed by atoms with Crippen molar-refractivity contribution >= 4 is 12.4 Å². The number of benzene rings is 1. The molecule has 1 N–H and O–H groups in total. The number of hydrogen-bond donors (Lipinski definition) is 1. The zero-order valence-electron chi connectivity index (χ0n) is 14.6. The number of ether oxygens (including phenoxy) is 2. The lowest BCUT2D eigenvalue weighted by molar-refractivity contribution is -0.0979. The monoisotopic (exact) mass is 344 g/mol. The van der Waals surface area contributed by atoms with Gasteiger partial charge in [0.2, 0.25) is 0 Å². The Morgan fingerprint density at radius 2 is 2.16 bits per heavy atom. The van der Waals surface area contributed by atoms with Crippen LogP contribution in [0.25, 0.3) is 5.57 Å². The SMILES string of the molecule is C=O.CC(C)n1nccc1C1=C(COc2cccc(O)c2)CCOC1. The lowest BCUT2D eigenvalue weighted by Crippen LogP contribution is -2.18. The average Bonchev–Trinajstić information content (AvgIpc) is 3.12. The van der Waals surface area contributed by atoms with E-state index in [1.807, 2.05) is 29.8 Å². The first-order valence-electron chi connectivity index (χ1n) is 8.18. The third-order valence-electron chi connectivity index (χ3n) is 3.92. The van der Waals surface area contributed by atoms with E-state index in [4.69, 9.17) is 14.3 Å². The molecule has 6 nitrogen and oxygen atoms in total. The summed E-state index contributed by atoms with van der Waals surface area (Å²) in [5.74, 6) is 0.877. The van der Waals surface area contributed by atoms with Crippen LogP contribution in [0.1, 0.15) is 32.0 Å². The maximum absolute atomic E-state index is 9.53. The fraction of sp³-hybridized carbons (Fsp3) is 0.368. The standard InChI is InChI=1S/C18H22N2O3.CH2O/c1-13(2)20-18(6-8-19-20)17-12-22-9-7-14(17)11-23-16-5-3-4-15(21)10-16;1-2/h3-6,8,10,13,21H,7,9,11-12H2,1-2H3;1H2. The highest BCUT2D eigenvalue weighted by Crippen LogP contribution is 2.28. The van der Waals surface area contributed by atoms with E-state index in [2.05, 4.69) is 18.9 Å². The van der Waals surface area contributed by atoms with Crippen LogP contribution in [0.2, 0.25) is 0 Å². The van der Waals surface area contributed by atoms with E-state index in [1.165, 1.54) is 5.57 Å². The van der Waals surface area contributed by atoms with Crippen molar-refractivity contribution in [3.8, 4) is 11.5 Å². The second kappa shape index (κ2) is 9.03. The molecule has 2 heterocycles. The van der Waals surface area contributed by atoms with E-state index in [0.29, 0.717) is 31.6 Å². The summed E-state index contributed by atoms with van der Waals surface area (Å²) in [4.78, 5) is 8.00. The maximum Gasteiger partial charge on any atom is 0.123 e. The van der Waals surface area contributed by atoms with E-state index in [-0.39, 0.29) is 5.75 Å². The van der Waals surface area contributed by atoms with Crippen LogP contribution in [0.3, 0.4) is 0 Å². The van der Waals surface area contributed by atoms with Gasteiger partial charge in [0.25, 0.3) is 0 Å². The third kappa shape index (κ3) is 4.70. The van der Waals surface area contributed by atoms with Crippen molar-refractivity contribution in [3.63, 3.8) is 0 Å². The van der Waals surface area contributed by atoms with Gasteiger partial charge in [-0.1, -0.05) is 6.07 Å². The molecule has 1 aromatic carbocycles. The average molecular weight is 344 g/mol. The normalized spacial score (nSPS) is 14.2. The molecular weight excluding hydrogens is 320 g/mol. The molecule has 0 aliphatic carbocycles. The van der Waals surface area contributed by atoms with Gasteiger partial charge in [0, 0.05) is 23.9 Å². The van der Waals surface area contributed by atoms with Crippen LogP contribution < -0.4 is 4.74 Å². The minimum atomic E-state index is 0.210. The molecule has 6 heteroatoms. The van der Waals surface area contributed by atoms with Crippen molar-refractivity contribution in [2.24, 2.45) is 0 Å². The summed E-state index contributed by atoms with van der Waals surface area (Å²) in [6, 6.07) is 9.20. The minimum absolute atomic E-state index is 0.210. The molecule has 1 aliphatic heterocycles. The first-order valence-corrected chi connectivity index (χ1v) is 8.18. The van der Waals surface area contributed by atoms with Crippen LogP contribution in [0.4, 0.5) is 0 Å². The summed E-state index contributed by atoms with van der Waals surface area (Å²) in [7, 11) is 0. The Balaban J connectivity index is 0.00000109. The number of rotatable bonds is 5. The molecule has 0 amide bonds. The zero-order chi connectivity index (χ0) is 18.2. The molecule has 0 spiro atoms. The van der Waals surface area contributed by atoms with Gasteiger partial charge >= 0.3 is 0 Å². The quantitative estimate of drug-likeness (QED) is 0.901. The van der Waals surface area contributed by atoms with E-state index < -0.39 is 0 Å². The summed E-state index contributed by atoms with van der Waals surface area (Å²) in [5.41, 5.74) is 3.47. The van der Waals surface area contributed by atoms with E-state index in [0.717, 1.165) is 17.7 Å². The Kier molecular flexibility index (Phi) is 6.77. The Bertz CT molecular complexity index is 722. The van der Waals surface area contributed by atoms with Gasteiger partial charge in [0.05, 0.1) is 18.9 Å². The molecule has 1 aromatic heterocycles. The minimum Gasteiger partial charge on any atom is -0.508 e. The Hall–Kier alpha value is -2.60. The molecule has 0 unspecified atom stereocenters. The van der Waals surface area contributed by atoms with Crippen LogP contribution in [0, 0.1) is 0 Å². The number of aromatic hydroxyl groups is 1. The highest BCUT2D eigenvalue weighted by Gasteiger charge is 2.19.